The molecule has 0 spiro atoms. The van der Waals surface area contributed by atoms with E-state index in [0.717, 1.165) is 16.9 Å². The molecular formula is C26H32N6O3. The van der Waals surface area contributed by atoms with Gasteiger partial charge in [-0.3, -0.25) is 4.79 Å². The molecule has 1 unspecified atom stereocenters. The first kappa shape index (κ1) is 24.4. The van der Waals surface area contributed by atoms with Gasteiger partial charge in [-0.25, -0.2) is 15.0 Å². The molecule has 3 heterocycles. The maximum absolute atomic E-state index is 12.8. The predicted molar refractivity (Wildman–Crippen MR) is 134 cm³/mol. The third-order valence-corrected chi connectivity index (χ3v) is 6.14. The van der Waals surface area contributed by atoms with Crippen LogP contribution in [0.2, 0.25) is 0 Å². The van der Waals surface area contributed by atoms with Crippen LogP contribution < -0.4 is 15.4 Å². The summed E-state index contributed by atoms with van der Waals surface area (Å²) in [6.07, 6.45) is 4.67. The number of rotatable bonds is 9. The van der Waals surface area contributed by atoms with Crippen molar-refractivity contribution in [3.63, 3.8) is 0 Å². The molecule has 9 heteroatoms. The number of carbonyl (C=O) groups is 1. The largest absolute Gasteiger partial charge is 0.483 e. The smallest absolute Gasteiger partial charge is 0.223 e. The minimum Gasteiger partial charge on any atom is -0.483 e. The van der Waals surface area contributed by atoms with Crippen LogP contribution in [-0.2, 0) is 17.8 Å². The normalized spacial score (nSPS) is 14.6. The Morgan fingerprint density at radius 3 is 2.71 bits per heavy atom. The zero-order chi connectivity index (χ0) is 24.6. The summed E-state index contributed by atoms with van der Waals surface area (Å²) in [7, 11) is 0. The fraction of sp³-hybridized carbons (Fsp3) is 0.385. The first-order valence-corrected chi connectivity index (χ1v) is 12.0. The molecule has 9 nitrogen and oxygen atoms in total. The van der Waals surface area contributed by atoms with Gasteiger partial charge in [-0.1, -0.05) is 31.2 Å². The summed E-state index contributed by atoms with van der Waals surface area (Å²) in [6.45, 7) is 4.84. The molecule has 3 N–H and O–H groups in total. The molecule has 4 rings (SSSR count). The van der Waals surface area contributed by atoms with E-state index >= 15 is 0 Å². The Labute approximate surface area is 205 Å². The Morgan fingerprint density at radius 2 is 1.94 bits per heavy atom. The number of anilines is 2. The molecule has 0 saturated carbocycles. The number of ether oxygens (including phenoxy) is 1. The van der Waals surface area contributed by atoms with Crippen LogP contribution in [0.5, 0.6) is 5.75 Å². The maximum atomic E-state index is 12.8. The second kappa shape index (κ2) is 11.6. The molecule has 3 aromatic rings. The fourth-order valence-electron chi connectivity index (χ4n) is 4.15. The lowest BCUT2D eigenvalue weighted by atomic mass is 10.0. The number of hydrogen-bond donors (Lipinski definition) is 2. The monoisotopic (exact) mass is 476 g/mol. The number of aliphatic hydroxyl groups excluding tert-OH is 1. The number of hydrogen-bond acceptors (Lipinski definition) is 8. The molecule has 0 aliphatic carbocycles. The third kappa shape index (κ3) is 6.45. The average Bonchev–Trinajstić information content (AvgIpc) is 2.90. The minimum absolute atomic E-state index is 0.143. The van der Waals surface area contributed by atoms with Crippen molar-refractivity contribution in [1.29, 1.82) is 0 Å². The number of nitrogens with two attached hydrogens (primary N) is 1. The van der Waals surface area contributed by atoms with Gasteiger partial charge in [0.15, 0.2) is 11.6 Å². The predicted octanol–water partition coefficient (Wildman–Crippen LogP) is 2.76. The fourth-order valence-corrected chi connectivity index (χ4v) is 4.15. The number of nitrogen functional groups attached to an aromatic ring is 1. The Hall–Kier alpha value is -3.72. The standard InChI is InChI=1S/C26H32N6O3/c1-2-22(33)20-6-3-5-19(17-20)8-9-24(34)31-13-15-32(16-14-31)25-23(7-4-11-28-25)35-18-21-10-12-29-26(27)30-21/h3-7,10-12,17,22,33H,2,8-9,13-16,18H2,1H3,(H2,27,29,30). The number of aryl methyl sites for hydroxylation is 1. The van der Waals surface area contributed by atoms with Crippen LogP contribution in [0.4, 0.5) is 11.8 Å². The van der Waals surface area contributed by atoms with Gasteiger partial charge < -0.3 is 25.4 Å². The molecule has 35 heavy (non-hydrogen) atoms. The highest BCUT2D eigenvalue weighted by atomic mass is 16.5. The summed E-state index contributed by atoms with van der Waals surface area (Å²) in [4.78, 5) is 29.5. The second-order valence-electron chi connectivity index (χ2n) is 8.56. The lowest BCUT2D eigenvalue weighted by Gasteiger charge is -2.36. The van der Waals surface area contributed by atoms with Crippen molar-refractivity contribution in [3.05, 3.63) is 71.7 Å². The summed E-state index contributed by atoms with van der Waals surface area (Å²) in [5, 5.41) is 10.1. The molecule has 1 aliphatic rings. The summed E-state index contributed by atoms with van der Waals surface area (Å²) in [5.74, 6) is 1.78. The van der Waals surface area contributed by atoms with Gasteiger partial charge in [0.25, 0.3) is 0 Å². The Bertz CT molecular complexity index is 1130. The topological polar surface area (TPSA) is 118 Å². The highest BCUT2D eigenvalue weighted by Gasteiger charge is 2.23. The summed E-state index contributed by atoms with van der Waals surface area (Å²) in [5.41, 5.74) is 8.32. The molecular weight excluding hydrogens is 444 g/mol. The summed E-state index contributed by atoms with van der Waals surface area (Å²) >= 11 is 0. The van der Waals surface area contributed by atoms with Crippen LogP contribution in [0.3, 0.4) is 0 Å². The first-order chi connectivity index (χ1) is 17.0. The molecule has 0 bridgehead atoms. The SMILES string of the molecule is CCC(O)c1cccc(CCC(=O)N2CCN(c3ncccc3OCc3ccnc(N)n3)CC2)c1. The van der Waals surface area contributed by atoms with Gasteiger partial charge in [0.05, 0.1) is 11.8 Å². The van der Waals surface area contributed by atoms with Crippen LogP contribution in [0.15, 0.2) is 54.9 Å². The van der Waals surface area contributed by atoms with E-state index in [1.165, 1.54) is 0 Å². The molecule has 1 amide bonds. The average molecular weight is 477 g/mol. The lowest BCUT2D eigenvalue weighted by molar-refractivity contribution is -0.131. The van der Waals surface area contributed by atoms with Crippen molar-refractivity contribution in [3.8, 4) is 5.75 Å². The van der Waals surface area contributed by atoms with Gasteiger partial charge >= 0.3 is 0 Å². The highest BCUT2D eigenvalue weighted by molar-refractivity contribution is 5.76. The molecule has 1 fully saturated rings. The van der Waals surface area contributed by atoms with Crippen LogP contribution >= 0.6 is 0 Å². The molecule has 184 valence electrons. The van der Waals surface area contributed by atoms with Crippen molar-refractivity contribution >= 4 is 17.7 Å². The summed E-state index contributed by atoms with van der Waals surface area (Å²) < 4.78 is 5.98. The zero-order valence-electron chi connectivity index (χ0n) is 20.0. The van der Waals surface area contributed by atoms with Gasteiger partial charge in [0.1, 0.15) is 6.61 Å². The van der Waals surface area contributed by atoms with E-state index in [1.54, 1.807) is 18.5 Å². The van der Waals surface area contributed by atoms with Gasteiger partial charge in [0, 0.05) is 45.0 Å². The number of nitrogens with zero attached hydrogens (tertiary/aromatic N) is 5. The number of benzene rings is 1. The molecule has 1 aromatic carbocycles. The number of amides is 1. The number of aromatic nitrogens is 3. The van der Waals surface area contributed by atoms with Crippen LogP contribution in [0, 0.1) is 0 Å². The molecule has 2 aromatic heterocycles. The van der Waals surface area contributed by atoms with Crippen LogP contribution in [0.1, 0.15) is 42.7 Å². The van der Waals surface area contributed by atoms with Crippen molar-refractivity contribution in [2.45, 2.75) is 38.9 Å². The Morgan fingerprint density at radius 1 is 1.11 bits per heavy atom. The lowest BCUT2D eigenvalue weighted by Crippen LogP contribution is -2.49. The van der Waals surface area contributed by atoms with E-state index in [-0.39, 0.29) is 18.5 Å². The van der Waals surface area contributed by atoms with Crippen LogP contribution in [0.25, 0.3) is 0 Å². The first-order valence-electron chi connectivity index (χ1n) is 12.0. The van der Waals surface area contributed by atoms with E-state index in [9.17, 15) is 9.90 Å². The van der Waals surface area contributed by atoms with E-state index in [4.69, 9.17) is 10.5 Å². The van der Waals surface area contributed by atoms with E-state index in [1.807, 2.05) is 48.2 Å². The van der Waals surface area contributed by atoms with Gasteiger partial charge in [-0.2, -0.15) is 0 Å². The highest BCUT2D eigenvalue weighted by Crippen LogP contribution is 2.27. The Kier molecular flexibility index (Phi) is 8.10. The van der Waals surface area contributed by atoms with E-state index in [0.29, 0.717) is 56.9 Å². The zero-order valence-corrected chi connectivity index (χ0v) is 20.0. The van der Waals surface area contributed by atoms with Crippen molar-refractivity contribution in [1.82, 2.24) is 19.9 Å². The second-order valence-corrected chi connectivity index (χ2v) is 8.56. The van der Waals surface area contributed by atoms with E-state index in [2.05, 4.69) is 19.9 Å². The number of carbonyl (C=O) groups excluding carboxylic acids is 1. The van der Waals surface area contributed by atoms with Crippen LogP contribution in [-0.4, -0.2) is 57.0 Å². The van der Waals surface area contributed by atoms with E-state index < -0.39 is 6.10 Å². The quantitative estimate of drug-likeness (QED) is 0.484. The molecule has 1 saturated heterocycles. The van der Waals surface area contributed by atoms with Gasteiger partial charge in [-0.15, -0.1) is 0 Å². The van der Waals surface area contributed by atoms with Gasteiger partial charge in [-0.05, 0) is 42.2 Å². The maximum Gasteiger partial charge on any atom is 0.223 e. The van der Waals surface area contributed by atoms with Crippen molar-refractivity contribution in [2.24, 2.45) is 0 Å². The molecule has 1 aliphatic heterocycles. The van der Waals surface area contributed by atoms with Crippen molar-refractivity contribution in [2.75, 3.05) is 36.8 Å². The Balaban J connectivity index is 1.30. The number of aliphatic hydroxyl groups is 1. The molecule has 1 atom stereocenters. The number of piperazine rings is 1. The van der Waals surface area contributed by atoms with Gasteiger partial charge in [0.2, 0.25) is 11.9 Å². The summed E-state index contributed by atoms with van der Waals surface area (Å²) in [6, 6.07) is 13.4. The molecule has 0 radical (unpaired) electrons. The number of pyridine rings is 1. The van der Waals surface area contributed by atoms with Crippen molar-refractivity contribution < 1.29 is 14.6 Å². The minimum atomic E-state index is -0.460. The third-order valence-electron chi connectivity index (χ3n) is 6.14.